The molecule has 0 spiro atoms. The molecule has 2 N–H and O–H groups in total. The zero-order valence-corrected chi connectivity index (χ0v) is 9.41. The monoisotopic (exact) mass is 271 g/mol. The van der Waals surface area contributed by atoms with Gasteiger partial charge >= 0.3 is 24.0 Å². The molecule has 9 heteroatoms. The number of rotatable bonds is 6. The first-order valence-electron chi connectivity index (χ1n) is 4.94. The second kappa shape index (κ2) is 6.82. The number of ether oxygens (including phenoxy) is 1. The first-order chi connectivity index (χ1) is 8.18. The number of esters is 1. The molecule has 0 saturated heterocycles. The van der Waals surface area contributed by atoms with Crippen molar-refractivity contribution < 1.29 is 37.4 Å². The first-order valence-corrected chi connectivity index (χ1v) is 4.94. The van der Waals surface area contributed by atoms with E-state index in [1.807, 2.05) is 0 Å². The summed E-state index contributed by atoms with van der Waals surface area (Å²) in [5.41, 5.74) is 0. The Balaban J connectivity index is 4.63. The van der Waals surface area contributed by atoms with E-state index in [-0.39, 0.29) is 6.61 Å². The molecule has 0 aliphatic rings. The second-order valence-corrected chi connectivity index (χ2v) is 3.29. The highest BCUT2D eigenvalue weighted by atomic mass is 19.4. The van der Waals surface area contributed by atoms with Crippen LogP contribution in [-0.2, 0) is 19.1 Å². The van der Waals surface area contributed by atoms with Gasteiger partial charge in [0, 0.05) is 0 Å². The number of carboxylic acid groups (broad SMARTS) is 1. The molecule has 0 radical (unpaired) electrons. The zero-order valence-electron chi connectivity index (χ0n) is 9.41. The number of amides is 1. The molecule has 0 aliphatic carbocycles. The van der Waals surface area contributed by atoms with E-state index in [4.69, 9.17) is 5.11 Å². The van der Waals surface area contributed by atoms with Crippen LogP contribution >= 0.6 is 0 Å². The predicted molar refractivity (Wildman–Crippen MR) is 51.5 cm³/mol. The van der Waals surface area contributed by atoms with Crippen LogP contribution in [0.25, 0.3) is 0 Å². The summed E-state index contributed by atoms with van der Waals surface area (Å²) in [5, 5.41) is 9.71. The normalized spacial score (nSPS) is 12.7. The lowest BCUT2D eigenvalue weighted by molar-refractivity contribution is -0.176. The van der Waals surface area contributed by atoms with E-state index in [1.54, 1.807) is 6.92 Å². The van der Waals surface area contributed by atoms with Crippen molar-refractivity contribution in [3.63, 3.8) is 0 Å². The van der Waals surface area contributed by atoms with Crippen molar-refractivity contribution in [1.82, 2.24) is 5.32 Å². The van der Waals surface area contributed by atoms with Crippen LogP contribution < -0.4 is 5.32 Å². The molecule has 6 nitrogen and oxygen atoms in total. The minimum absolute atomic E-state index is 0.0726. The lowest BCUT2D eigenvalue weighted by atomic mass is 10.2. The molecule has 18 heavy (non-hydrogen) atoms. The molecule has 0 aliphatic heterocycles. The molecule has 0 aromatic rings. The molecule has 0 saturated carbocycles. The van der Waals surface area contributed by atoms with Crippen molar-refractivity contribution in [2.24, 2.45) is 0 Å². The Morgan fingerprint density at radius 1 is 1.33 bits per heavy atom. The average Bonchev–Trinajstić information content (AvgIpc) is 2.22. The SMILES string of the molecule is CCCOC(=O)[C@H](CC(=O)O)NC(=O)C(F)(F)F. The fourth-order valence-electron chi connectivity index (χ4n) is 0.911. The van der Waals surface area contributed by atoms with Gasteiger partial charge in [0.1, 0.15) is 6.04 Å². The van der Waals surface area contributed by atoms with Crippen molar-refractivity contribution in [2.75, 3.05) is 6.61 Å². The summed E-state index contributed by atoms with van der Waals surface area (Å²) in [5.74, 6) is -5.13. The number of carbonyl (C=O) groups excluding carboxylic acids is 2. The summed E-state index contributed by atoms with van der Waals surface area (Å²) in [6.07, 6.45) is -5.76. The molecule has 0 aromatic carbocycles. The smallest absolute Gasteiger partial charge is 0.471 e. The van der Waals surface area contributed by atoms with E-state index < -0.39 is 36.5 Å². The Labute approximate surface area is 100 Å². The topological polar surface area (TPSA) is 92.7 Å². The van der Waals surface area contributed by atoms with Gasteiger partial charge in [0.05, 0.1) is 13.0 Å². The first kappa shape index (κ1) is 16.2. The minimum Gasteiger partial charge on any atom is -0.481 e. The van der Waals surface area contributed by atoms with E-state index in [9.17, 15) is 27.6 Å². The van der Waals surface area contributed by atoms with Crippen molar-refractivity contribution in [1.29, 1.82) is 0 Å². The van der Waals surface area contributed by atoms with Crippen LogP contribution in [0.4, 0.5) is 13.2 Å². The summed E-state index contributed by atoms with van der Waals surface area (Å²) in [7, 11) is 0. The maximum atomic E-state index is 12.0. The minimum atomic E-state index is -5.19. The quantitative estimate of drug-likeness (QED) is 0.685. The third kappa shape index (κ3) is 6.06. The van der Waals surface area contributed by atoms with Crippen LogP contribution in [0.5, 0.6) is 0 Å². The van der Waals surface area contributed by atoms with Crippen molar-refractivity contribution in [3.05, 3.63) is 0 Å². The second-order valence-electron chi connectivity index (χ2n) is 3.29. The summed E-state index contributed by atoms with van der Waals surface area (Å²) >= 11 is 0. The molecule has 0 bridgehead atoms. The van der Waals surface area contributed by atoms with E-state index in [0.29, 0.717) is 6.42 Å². The Morgan fingerprint density at radius 2 is 1.89 bits per heavy atom. The fraction of sp³-hybridized carbons (Fsp3) is 0.667. The molecule has 104 valence electrons. The van der Waals surface area contributed by atoms with Gasteiger partial charge in [-0.05, 0) is 6.42 Å². The third-order valence-electron chi connectivity index (χ3n) is 1.67. The van der Waals surface area contributed by atoms with Crippen molar-refractivity contribution in [3.8, 4) is 0 Å². The van der Waals surface area contributed by atoms with Gasteiger partial charge in [0.2, 0.25) is 0 Å². The van der Waals surface area contributed by atoms with Crippen molar-refractivity contribution >= 4 is 17.8 Å². The van der Waals surface area contributed by atoms with Gasteiger partial charge in [-0.25, -0.2) is 4.79 Å². The maximum Gasteiger partial charge on any atom is 0.471 e. The highest BCUT2D eigenvalue weighted by molar-refractivity contribution is 5.89. The van der Waals surface area contributed by atoms with Gasteiger partial charge in [-0.1, -0.05) is 6.92 Å². The van der Waals surface area contributed by atoms with Gasteiger partial charge < -0.3 is 15.2 Å². The molecule has 1 atom stereocenters. The van der Waals surface area contributed by atoms with Crippen LogP contribution in [-0.4, -0.2) is 41.8 Å². The Morgan fingerprint density at radius 3 is 2.28 bits per heavy atom. The number of carbonyl (C=O) groups is 3. The Hall–Kier alpha value is -1.80. The Bertz CT molecular complexity index is 329. The van der Waals surface area contributed by atoms with Gasteiger partial charge in [0.15, 0.2) is 0 Å². The van der Waals surface area contributed by atoms with Gasteiger partial charge in [-0.15, -0.1) is 0 Å². The van der Waals surface area contributed by atoms with Crippen molar-refractivity contribution in [2.45, 2.75) is 32.0 Å². The number of hydrogen-bond donors (Lipinski definition) is 2. The highest BCUT2D eigenvalue weighted by Gasteiger charge is 2.41. The molecule has 0 heterocycles. The van der Waals surface area contributed by atoms with Crippen LogP contribution in [0.2, 0.25) is 0 Å². The van der Waals surface area contributed by atoms with Gasteiger partial charge in [-0.3, -0.25) is 9.59 Å². The number of halogens is 3. The molecule has 0 rings (SSSR count). The predicted octanol–water partition coefficient (Wildman–Crippen LogP) is 0.461. The Kier molecular flexibility index (Phi) is 6.14. The fourth-order valence-corrected chi connectivity index (χ4v) is 0.911. The summed E-state index contributed by atoms with van der Waals surface area (Å²) in [6, 6.07) is -1.86. The number of hydrogen-bond acceptors (Lipinski definition) is 4. The van der Waals surface area contributed by atoms with Gasteiger partial charge in [-0.2, -0.15) is 13.2 Å². The largest absolute Gasteiger partial charge is 0.481 e. The molecule has 0 unspecified atom stereocenters. The lowest BCUT2D eigenvalue weighted by Gasteiger charge is -2.16. The molecule has 0 aromatic heterocycles. The van der Waals surface area contributed by atoms with E-state index in [1.165, 1.54) is 5.32 Å². The van der Waals surface area contributed by atoms with Crippen LogP contribution in [0, 0.1) is 0 Å². The lowest BCUT2D eigenvalue weighted by Crippen LogP contribution is -2.48. The van der Waals surface area contributed by atoms with Crippen LogP contribution in [0.15, 0.2) is 0 Å². The molecule has 1 amide bonds. The average molecular weight is 271 g/mol. The number of carboxylic acids is 1. The van der Waals surface area contributed by atoms with E-state index in [0.717, 1.165) is 0 Å². The maximum absolute atomic E-state index is 12.0. The van der Waals surface area contributed by atoms with Gasteiger partial charge in [0.25, 0.3) is 0 Å². The molecular formula is C9H12F3NO5. The number of alkyl halides is 3. The zero-order chi connectivity index (χ0) is 14.3. The van der Waals surface area contributed by atoms with Crippen LogP contribution in [0.1, 0.15) is 19.8 Å². The highest BCUT2D eigenvalue weighted by Crippen LogP contribution is 2.15. The summed E-state index contributed by atoms with van der Waals surface area (Å²) < 4.78 is 40.3. The summed E-state index contributed by atoms with van der Waals surface area (Å²) in [4.78, 5) is 32.2. The van der Waals surface area contributed by atoms with E-state index >= 15 is 0 Å². The molecular weight excluding hydrogens is 259 g/mol. The number of nitrogens with one attached hydrogen (secondary N) is 1. The molecule has 0 fully saturated rings. The summed E-state index contributed by atoms with van der Waals surface area (Å²) in [6.45, 7) is 1.57. The van der Waals surface area contributed by atoms with Crippen LogP contribution in [0.3, 0.4) is 0 Å². The standard InChI is InChI=1S/C9H12F3NO5/c1-2-3-18-7(16)5(4-6(14)15)13-8(17)9(10,11)12/h5H,2-4H2,1H3,(H,13,17)(H,14,15)/t5-/m0/s1. The van der Waals surface area contributed by atoms with E-state index in [2.05, 4.69) is 4.74 Å². The number of aliphatic carboxylic acids is 1. The third-order valence-corrected chi connectivity index (χ3v) is 1.67.